The van der Waals surface area contributed by atoms with E-state index in [4.69, 9.17) is 4.74 Å². The van der Waals surface area contributed by atoms with Crippen LogP contribution in [0.3, 0.4) is 0 Å². The molecule has 1 aliphatic heterocycles. The first-order valence-corrected chi connectivity index (χ1v) is 6.71. The lowest BCUT2D eigenvalue weighted by Gasteiger charge is -2.27. The first-order chi connectivity index (χ1) is 9.09. The topological polar surface area (TPSA) is 49.8 Å². The van der Waals surface area contributed by atoms with Gasteiger partial charge in [-0.25, -0.2) is 0 Å². The molecule has 0 aromatic heterocycles. The van der Waals surface area contributed by atoms with Gasteiger partial charge in [0.15, 0.2) is 0 Å². The third-order valence-corrected chi connectivity index (χ3v) is 3.76. The van der Waals surface area contributed by atoms with E-state index in [1.807, 2.05) is 7.05 Å². The highest BCUT2D eigenvalue weighted by atomic mass is 16.5. The molecule has 0 bridgehead atoms. The molecule has 2 rings (SSSR count). The normalized spacial score (nSPS) is 16.3. The van der Waals surface area contributed by atoms with E-state index >= 15 is 0 Å². The minimum Gasteiger partial charge on any atom is -0.508 e. The van der Waals surface area contributed by atoms with Crippen LogP contribution in [0.25, 0.3) is 0 Å². The van der Waals surface area contributed by atoms with E-state index in [1.165, 1.54) is 0 Å². The van der Waals surface area contributed by atoms with Crippen molar-refractivity contribution in [3.05, 3.63) is 29.3 Å². The fourth-order valence-corrected chi connectivity index (χ4v) is 2.46. The number of benzene rings is 1. The Morgan fingerprint density at radius 2 is 2.11 bits per heavy atom. The summed E-state index contributed by atoms with van der Waals surface area (Å²) in [5.41, 5.74) is 1.22. The number of carbonyl (C=O) groups is 1. The van der Waals surface area contributed by atoms with Crippen LogP contribution >= 0.6 is 0 Å². The molecule has 1 aliphatic rings. The van der Waals surface area contributed by atoms with Crippen molar-refractivity contribution in [1.29, 1.82) is 0 Å². The lowest BCUT2D eigenvalue weighted by molar-refractivity contribution is 0.0497. The summed E-state index contributed by atoms with van der Waals surface area (Å²) < 4.78 is 5.32. The third kappa shape index (κ3) is 3.26. The van der Waals surface area contributed by atoms with Gasteiger partial charge in [0.1, 0.15) is 5.75 Å². The Bertz CT molecular complexity index is 453. The van der Waals surface area contributed by atoms with Crippen LogP contribution in [0, 0.1) is 12.8 Å². The van der Waals surface area contributed by atoms with Gasteiger partial charge in [0.25, 0.3) is 5.91 Å². The quantitative estimate of drug-likeness (QED) is 0.909. The van der Waals surface area contributed by atoms with Crippen LogP contribution in [0.5, 0.6) is 5.75 Å². The largest absolute Gasteiger partial charge is 0.508 e. The van der Waals surface area contributed by atoms with Gasteiger partial charge < -0.3 is 14.7 Å². The highest BCUT2D eigenvalue weighted by Gasteiger charge is 2.21. The molecule has 1 fully saturated rings. The second-order valence-corrected chi connectivity index (χ2v) is 5.19. The molecule has 0 saturated carbocycles. The van der Waals surface area contributed by atoms with Gasteiger partial charge in [-0.15, -0.1) is 0 Å². The van der Waals surface area contributed by atoms with Crippen molar-refractivity contribution in [2.75, 3.05) is 26.8 Å². The SMILES string of the molecule is Cc1c(O)cccc1C(=O)N(C)CC1CCOCC1. The predicted molar refractivity (Wildman–Crippen MR) is 73.3 cm³/mol. The smallest absolute Gasteiger partial charge is 0.254 e. The molecule has 1 saturated heterocycles. The zero-order valence-corrected chi connectivity index (χ0v) is 11.6. The van der Waals surface area contributed by atoms with Gasteiger partial charge in [-0.1, -0.05) is 6.07 Å². The van der Waals surface area contributed by atoms with Crippen molar-refractivity contribution >= 4 is 5.91 Å². The van der Waals surface area contributed by atoms with Crippen LogP contribution in [0.4, 0.5) is 0 Å². The van der Waals surface area contributed by atoms with E-state index in [0.717, 1.165) is 32.6 Å². The highest BCUT2D eigenvalue weighted by Crippen LogP contribution is 2.22. The Labute approximate surface area is 114 Å². The van der Waals surface area contributed by atoms with Crippen molar-refractivity contribution < 1.29 is 14.6 Å². The molecular formula is C15H21NO3. The van der Waals surface area contributed by atoms with Gasteiger partial charge in [-0.2, -0.15) is 0 Å². The van der Waals surface area contributed by atoms with E-state index in [0.29, 0.717) is 17.0 Å². The summed E-state index contributed by atoms with van der Waals surface area (Å²) in [5, 5.41) is 9.66. The Kier molecular flexibility index (Phi) is 4.43. The number of ether oxygens (including phenoxy) is 1. The van der Waals surface area contributed by atoms with Gasteiger partial charge in [0.05, 0.1) is 0 Å². The summed E-state index contributed by atoms with van der Waals surface area (Å²) in [6.45, 7) is 4.10. The van der Waals surface area contributed by atoms with Gasteiger partial charge in [-0.05, 0) is 37.8 Å². The first kappa shape index (κ1) is 13.9. The minimum atomic E-state index is -0.0279. The molecule has 0 unspecified atom stereocenters. The lowest BCUT2D eigenvalue weighted by Crippen LogP contribution is -2.34. The number of rotatable bonds is 3. The van der Waals surface area contributed by atoms with Gasteiger partial charge in [0, 0.05) is 37.9 Å². The second-order valence-electron chi connectivity index (χ2n) is 5.19. The van der Waals surface area contributed by atoms with Crippen molar-refractivity contribution in [3.8, 4) is 5.75 Å². The summed E-state index contributed by atoms with van der Waals surface area (Å²) in [6.07, 6.45) is 2.02. The second kappa shape index (κ2) is 6.06. The summed E-state index contributed by atoms with van der Waals surface area (Å²) in [4.78, 5) is 14.1. The van der Waals surface area contributed by atoms with Crippen LogP contribution in [0.15, 0.2) is 18.2 Å². The van der Waals surface area contributed by atoms with Crippen LogP contribution in [-0.2, 0) is 4.74 Å². The molecule has 19 heavy (non-hydrogen) atoms. The summed E-state index contributed by atoms with van der Waals surface area (Å²) in [7, 11) is 1.82. The number of phenols is 1. The maximum Gasteiger partial charge on any atom is 0.254 e. The highest BCUT2D eigenvalue weighted by molar-refractivity contribution is 5.96. The van der Waals surface area contributed by atoms with Crippen LogP contribution < -0.4 is 0 Å². The standard InChI is InChI=1S/C15H21NO3/c1-11-13(4-3-5-14(11)17)15(18)16(2)10-12-6-8-19-9-7-12/h3-5,12,17H,6-10H2,1-2H3. The number of amides is 1. The Morgan fingerprint density at radius 1 is 1.42 bits per heavy atom. The molecule has 1 aromatic carbocycles. The number of hydrogen-bond donors (Lipinski definition) is 1. The van der Waals surface area contributed by atoms with E-state index < -0.39 is 0 Å². The van der Waals surface area contributed by atoms with Crippen LogP contribution in [-0.4, -0.2) is 42.7 Å². The van der Waals surface area contributed by atoms with E-state index in [1.54, 1.807) is 30.0 Å². The van der Waals surface area contributed by atoms with Gasteiger partial charge in [-0.3, -0.25) is 4.79 Å². The molecule has 1 N–H and O–H groups in total. The average molecular weight is 263 g/mol. The van der Waals surface area contributed by atoms with Crippen molar-refractivity contribution in [2.45, 2.75) is 19.8 Å². The van der Waals surface area contributed by atoms with Crippen LogP contribution in [0.1, 0.15) is 28.8 Å². The predicted octanol–water partition coefficient (Wildman–Crippen LogP) is 2.20. The van der Waals surface area contributed by atoms with Crippen molar-refractivity contribution in [3.63, 3.8) is 0 Å². The number of hydrogen-bond acceptors (Lipinski definition) is 3. The number of carbonyl (C=O) groups excluding carboxylic acids is 1. The van der Waals surface area contributed by atoms with Crippen molar-refractivity contribution in [1.82, 2.24) is 4.90 Å². The molecule has 104 valence electrons. The molecule has 4 heteroatoms. The average Bonchev–Trinajstić information content (AvgIpc) is 2.42. The number of aromatic hydroxyl groups is 1. The molecule has 0 aliphatic carbocycles. The Morgan fingerprint density at radius 3 is 2.79 bits per heavy atom. The molecule has 1 aromatic rings. The molecule has 0 spiro atoms. The third-order valence-electron chi connectivity index (χ3n) is 3.76. The maximum atomic E-state index is 12.4. The Hall–Kier alpha value is -1.55. The van der Waals surface area contributed by atoms with E-state index in [-0.39, 0.29) is 11.7 Å². The van der Waals surface area contributed by atoms with Gasteiger partial charge >= 0.3 is 0 Å². The Balaban J connectivity index is 2.03. The maximum absolute atomic E-state index is 12.4. The minimum absolute atomic E-state index is 0.0279. The molecule has 4 nitrogen and oxygen atoms in total. The fourth-order valence-electron chi connectivity index (χ4n) is 2.46. The number of phenolic OH excluding ortho intramolecular Hbond substituents is 1. The first-order valence-electron chi connectivity index (χ1n) is 6.71. The summed E-state index contributed by atoms with van der Waals surface area (Å²) in [6, 6.07) is 5.07. The molecule has 0 radical (unpaired) electrons. The van der Waals surface area contributed by atoms with Crippen LogP contribution in [0.2, 0.25) is 0 Å². The van der Waals surface area contributed by atoms with Crippen molar-refractivity contribution in [2.24, 2.45) is 5.92 Å². The molecule has 1 amide bonds. The lowest BCUT2D eigenvalue weighted by atomic mass is 9.99. The molecule has 1 heterocycles. The zero-order valence-electron chi connectivity index (χ0n) is 11.6. The van der Waals surface area contributed by atoms with E-state index in [9.17, 15) is 9.90 Å². The summed E-state index contributed by atoms with van der Waals surface area (Å²) >= 11 is 0. The van der Waals surface area contributed by atoms with E-state index in [2.05, 4.69) is 0 Å². The zero-order chi connectivity index (χ0) is 13.8. The summed E-state index contributed by atoms with van der Waals surface area (Å²) in [5.74, 6) is 0.658. The molecule has 0 atom stereocenters. The monoisotopic (exact) mass is 263 g/mol. The number of nitrogens with zero attached hydrogens (tertiary/aromatic N) is 1. The molecular weight excluding hydrogens is 242 g/mol. The van der Waals surface area contributed by atoms with Gasteiger partial charge in [0.2, 0.25) is 0 Å². The fraction of sp³-hybridized carbons (Fsp3) is 0.533.